The summed E-state index contributed by atoms with van der Waals surface area (Å²) in [5, 5.41) is 0. The molecule has 0 N–H and O–H groups in total. The Hall–Kier alpha value is -0.520. The van der Waals surface area contributed by atoms with E-state index in [1.54, 1.807) is 19.9 Å². The van der Waals surface area contributed by atoms with E-state index < -0.39 is 10.1 Å². The van der Waals surface area contributed by atoms with Crippen LogP contribution in [0.25, 0.3) is 0 Å². The number of benzene rings is 1. The summed E-state index contributed by atoms with van der Waals surface area (Å²) in [7, 11) is -3.67. The molecule has 0 spiro atoms. The van der Waals surface area contributed by atoms with Crippen LogP contribution in [-0.4, -0.2) is 20.8 Å². The first-order chi connectivity index (χ1) is 7.92. The van der Waals surface area contributed by atoms with Gasteiger partial charge in [0.2, 0.25) is 0 Å². The topological polar surface area (TPSA) is 43.4 Å². The summed E-state index contributed by atoms with van der Waals surface area (Å²) in [6.45, 7) is 5.36. The van der Waals surface area contributed by atoms with Crippen LogP contribution >= 0.6 is 11.8 Å². The molecule has 3 nitrogen and oxygen atoms in total. The molecule has 0 aliphatic heterocycles. The maximum absolute atomic E-state index is 12.2. The molecule has 0 atom stereocenters. The SMILES string of the molecule is CCc1cccc(SC)c1S(=O)(=O)OC(C)C. The lowest BCUT2D eigenvalue weighted by atomic mass is 10.2. The minimum Gasteiger partial charge on any atom is -0.264 e. The summed E-state index contributed by atoms with van der Waals surface area (Å²) in [5.41, 5.74) is 0.803. The average Bonchev–Trinajstić information content (AvgIpc) is 2.26. The van der Waals surface area contributed by atoms with Crippen LogP contribution in [0.2, 0.25) is 0 Å². The fraction of sp³-hybridized carbons (Fsp3) is 0.500. The summed E-state index contributed by atoms with van der Waals surface area (Å²) in [4.78, 5) is 1.06. The third-order valence-electron chi connectivity index (χ3n) is 2.23. The lowest BCUT2D eigenvalue weighted by Crippen LogP contribution is -2.15. The standard InChI is InChI=1S/C12H18O3S2/c1-5-10-7-6-8-11(16-4)12(10)17(13,14)15-9(2)3/h6-9H,5H2,1-4H3. The number of aryl methyl sites for hydroxylation is 1. The third kappa shape index (κ3) is 3.47. The van der Waals surface area contributed by atoms with Gasteiger partial charge in [0.15, 0.2) is 0 Å². The van der Waals surface area contributed by atoms with Crippen LogP contribution in [-0.2, 0) is 20.7 Å². The van der Waals surface area contributed by atoms with Crippen molar-refractivity contribution in [3.8, 4) is 0 Å². The zero-order valence-electron chi connectivity index (χ0n) is 10.6. The molecule has 5 heteroatoms. The van der Waals surface area contributed by atoms with E-state index in [1.807, 2.05) is 25.3 Å². The van der Waals surface area contributed by atoms with Crippen molar-refractivity contribution >= 4 is 21.9 Å². The Kier molecular flexibility index (Phi) is 5.04. The molecule has 0 amide bonds. The number of hydrogen-bond acceptors (Lipinski definition) is 4. The number of thioether (sulfide) groups is 1. The number of hydrogen-bond donors (Lipinski definition) is 0. The maximum atomic E-state index is 12.2. The van der Waals surface area contributed by atoms with Crippen LogP contribution in [0.1, 0.15) is 26.3 Å². The monoisotopic (exact) mass is 274 g/mol. The van der Waals surface area contributed by atoms with Crippen molar-refractivity contribution in [2.75, 3.05) is 6.26 Å². The first-order valence-electron chi connectivity index (χ1n) is 5.51. The molecular formula is C12H18O3S2. The van der Waals surface area contributed by atoms with Crippen LogP contribution < -0.4 is 0 Å². The Balaban J connectivity index is 3.37. The van der Waals surface area contributed by atoms with Crippen LogP contribution in [0, 0.1) is 0 Å². The van der Waals surface area contributed by atoms with E-state index in [0.29, 0.717) is 11.3 Å². The third-order valence-corrected chi connectivity index (χ3v) is 4.76. The zero-order valence-corrected chi connectivity index (χ0v) is 12.2. The minimum absolute atomic E-state index is 0.323. The van der Waals surface area contributed by atoms with Crippen molar-refractivity contribution in [2.45, 2.75) is 43.1 Å². The normalized spacial score (nSPS) is 12.1. The molecule has 0 aromatic heterocycles. The molecule has 0 fully saturated rings. The summed E-state index contributed by atoms with van der Waals surface area (Å²) in [5.74, 6) is 0. The van der Waals surface area contributed by atoms with E-state index in [2.05, 4.69) is 0 Å². The van der Waals surface area contributed by atoms with Gasteiger partial charge in [0.05, 0.1) is 6.10 Å². The lowest BCUT2D eigenvalue weighted by Gasteiger charge is -2.14. The van der Waals surface area contributed by atoms with Crippen LogP contribution in [0.3, 0.4) is 0 Å². The molecular weight excluding hydrogens is 256 g/mol. The van der Waals surface area contributed by atoms with Gasteiger partial charge in [-0.3, -0.25) is 4.18 Å². The molecule has 0 radical (unpaired) electrons. The highest BCUT2D eigenvalue weighted by atomic mass is 32.2. The largest absolute Gasteiger partial charge is 0.298 e. The molecule has 0 aliphatic rings. The van der Waals surface area contributed by atoms with Gasteiger partial charge in [0.25, 0.3) is 10.1 Å². The Labute approximate surface area is 108 Å². The van der Waals surface area contributed by atoms with E-state index in [-0.39, 0.29) is 6.10 Å². The molecule has 0 saturated carbocycles. The number of rotatable bonds is 5. The molecule has 17 heavy (non-hydrogen) atoms. The second-order valence-corrected chi connectivity index (χ2v) is 6.26. The highest BCUT2D eigenvalue weighted by molar-refractivity contribution is 7.99. The molecule has 0 saturated heterocycles. The summed E-state index contributed by atoms with van der Waals surface area (Å²) in [6.07, 6.45) is 2.19. The minimum atomic E-state index is -3.67. The Morgan fingerprint density at radius 1 is 1.35 bits per heavy atom. The van der Waals surface area contributed by atoms with Crippen molar-refractivity contribution in [3.05, 3.63) is 23.8 Å². The molecule has 1 rings (SSSR count). The van der Waals surface area contributed by atoms with Gasteiger partial charge < -0.3 is 0 Å². The molecule has 0 heterocycles. The van der Waals surface area contributed by atoms with Crippen molar-refractivity contribution in [1.82, 2.24) is 0 Å². The van der Waals surface area contributed by atoms with Gasteiger partial charge in [-0.05, 0) is 38.2 Å². The first-order valence-corrected chi connectivity index (χ1v) is 8.14. The predicted octanol–water partition coefficient (Wildman–Crippen LogP) is 3.08. The fourth-order valence-corrected chi connectivity index (χ4v) is 4.12. The van der Waals surface area contributed by atoms with Gasteiger partial charge in [-0.2, -0.15) is 8.42 Å². The predicted molar refractivity (Wildman–Crippen MR) is 71.0 cm³/mol. The van der Waals surface area contributed by atoms with Gasteiger partial charge in [-0.1, -0.05) is 19.1 Å². The van der Waals surface area contributed by atoms with E-state index in [0.717, 1.165) is 10.5 Å². The lowest BCUT2D eigenvalue weighted by molar-refractivity contribution is 0.248. The molecule has 1 aromatic rings. The van der Waals surface area contributed by atoms with Crippen LogP contribution in [0.4, 0.5) is 0 Å². The van der Waals surface area contributed by atoms with Crippen molar-refractivity contribution in [1.29, 1.82) is 0 Å². The van der Waals surface area contributed by atoms with Gasteiger partial charge in [-0.15, -0.1) is 11.8 Å². The highest BCUT2D eigenvalue weighted by Gasteiger charge is 2.23. The molecule has 1 aromatic carbocycles. The second kappa shape index (κ2) is 5.89. The maximum Gasteiger partial charge on any atom is 0.298 e. The van der Waals surface area contributed by atoms with Crippen LogP contribution in [0.5, 0.6) is 0 Å². The van der Waals surface area contributed by atoms with E-state index in [1.165, 1.54) is 11.8 Å². The summed E-state index contributed by atoms with van der Waals surface area (Å²) >= 11 is 1.42. The van der Waals surface area contributed by atoms with Gasteiger partial charge in [0.1, 0.15) is 4.90 Å². The van der Waals surface area contributed by atoms with Crippen LogP contribution in [0.15, 0.2) is 28.0 Å². The van der Waals surface area contributed by atoms with E-state index >= 15 is 0 Å². The molecule has 0 aliphatic carbocycles. The zero-order chi connectivity index (χ0) is 13.1. The fourth-order valence-electron chi connectivity index (χ4n) is 1.59. The Morgan fingerprint density at radius 3 is 2.47 bits per heavy atom. The Morgan fingerprint density at radius 2 is 2.00 bits per heavy atom. The van der Waals surface area contributed by atoms with Gasteiger partial charge in [-0.25, -0.2) is 0 Å². The quantitative estimate of drug-likeness (QED) is 0.611. The molecule has 0 bridgehead atoms. The van der Waals surface area contributed by atoms with Crippen molar-refractivity contribution in [3.63, 3.8) is 0 Å². The van der Waals surface area contributed by atoms with E-state index in [4.69, 9.17) is 4.18 Å². The molecule has 96 valence electrons. The highest BCUT2D eigenvalue weighted by Crippen LogP contribution is 2.30. The second-order valence-electron chi connectivity index (χ2n) is 3.90. The van der Waals surface area contributed by atoms with Crippen molar-refractivity contribution in [2.24, 2.45) is 0 Å². The summed E-state index contributed by atoms with van der Waals surface area (Å²) < 4.78 is 29.4. The molecule has 0 unspecified atom stereocenters. The van der Waals surface area contributed by atoms with Crippen molar-refractivity contribution < 1.29 is 12.6 Å². The van der Waals surface area contributed by atoms with Gasteiger partial charge in [0, 0.05) is 4.90 Å². The summed E-state index contributed by atoms with van der Waals surface area (Å²) in [6, 6.07) is 5.51. The Bertz CT molecular complexity index is 456. The van der Waals surface area contributed by atoms with Gasteiger partial charge >= 0.3 is 0 Å². The first kappa shape index (κ1) is 14.5. The van der Waals surface area contributed by atoms with E-state index in [9.17, 15) is 8.42 Å². The smallest absolute Gasteiger partial charge is 0.264 e. The average molecular weight is 274 g/mol.